The van der Waals surface area contributed by atoms with Crippen LogP contribution in [-0.4, -0.2) is 23.5 Å². The molecule has 2 heterocycles. The number of alkyl halides is 1. The van der Waals surface area contributed by atoms with Crippen LogP contribution in [0.15, 0.2) is 16.7 Å². The minimum atomic E-state index is -0.303. The highest BCUT2D eigenvalue weighted by atomic mass is 79.9. The summed E-state index contributed by atoms with van der Waals surface area (Å²) in [7, 11) is 0. The van der Waals surface area contributed by atoms with Crippen LogP contribution in [0, 0.1) is 11.7 Å². The zero-order chi connectivity index (χ0) is 11.0. The summed E-state index contributed by atoms with van der Waals surface area (Å²) in [4.78, 5) is 5.97. The van der Waals surface area contributed by atoms with Gasteiger partial charge in [0.05, 0.1) is 5.38 Å². The number of hydrogen-bond donors (Lipinski definition) is 0. The van der Waals surface area contributed by atoms with Crippen molar-refractivity contribution in [3.8, 4) is 0 Å². The number of hydrogen-bond acceptors (Lipinski definition) is 2. The van der Waals surface area contributed by atoms with Gasteiger partial charge in [-0.15, -0.1) is 11.6 Å². The van der Waals surface area contributed by atoms with Gasteiger partial charge in [0.25, 0.3) is 0 Å². The molecular weight excluding hydrogens is 282 g/mol. The minimum Gasteiger partial charge on any atom is -0.352 e. The summed E-state index contributed by atoms with van der Waals surface area (Å²) in [5.74, 6) is 0.465. The number of rotatable bonds is 1. The molecular formula is C10H11BrClFN2. The number of pyridine rings is 1. The average molecular weight is 294 g/mol. The van der Waals surface area contributed by atoms with Crippen LogP contribution in [0.2, 0.25) is 0 Å². The highest BCUT2D eigenvalue weighted by molar-refractivity contribution is 9.10. The smallest absolute Gasteiger partial charge is 0.166 e. The first kappa shape index (κ1) is 11.1. The van der Waals surface area contributed by atoms with Gasteiger partial charge in [-0.25, -0.2) is 9.37 Å². The quantitative estimate of drug-likeness (QED) is 0.740. The lowest BCUT2D eigenvalue weighted by Crippen LogP contribution is -2.22. The number of nitrogens with zero attached hydrogens (tertiary/aromatic N) is 2. The summed E-state index contributed by atoms with van der Waals surface area (Å²) < 4.78 is 14.2. The second-order valence-corrected chi connectivity index (χ2v) is 5.33. The van der Waals surface area contributed by atoms with Crippen molar-refractivity contribution in [3.63, 3.8) is 0 Å². The minimum absolute atomic E-state index is 0.0786. The molecule has 0 bridgehead atoms. The third-order valence-electron chi connectivity index (χ3n) is 2.61. The molecule has 0 saturated carbocycles. The van der Waals surface area contributed by atoms with Crippen LogP contribution >= 0.6 is 27.5 Å². The van der Waals surface area contributed by atoms with Gasteiger partial charge in [-0.2, -0.15) is 0 Å². The van der Waals surface area contributed by atoms with E-state index in [-0.39, 0.29) is 11.2 Å². The normalized spacial score (nSPS) is 26.0. The Bertz CT molecular complexity index is 364. The van der Waals surface area contributed by atoms with Gasteiger partial charge in [-0.3, -0.25) is 0 Å². The molecule has 0 aliphatic carbocycles. The fourth-order valence-electron chi connectivity index (χ4n) is 1.74. The maximum atomic E-state index is 13.6. The van der Waals surface area contributed by atoms with E-state index < -0.39 is 0 Å². The first-order chi connectivity index (χ1) is 7.08. The molecule has 1 fully saturated rings. The van der Waals surface area contributed by atoms with E-state index in [9.17, 15) is 4.39 Å². The third-order valence-corrected chi connectivity index (χ3v) is 3.61. The van der Waals surface area contributed by atoms with Gasteiger partial charge in [0.15, 0.2) is 11.6 Å². The van der Waals surface area contributed by atoms with Crippen LogP contribution in [0.3, 0.4) is 0 Å². The summed E-state index contributed by atoms with van der Waals surface area (Å²) in [5, 5.41) is 0.0786. The molecule has 82 valence electrons. The lowest BCUT2D eigenvalue weighted by Gasteiger charge is -2.17. The summed E-state index contributed by atoms with van der Waals surface area (Å²) in [6.45, 7) is 3.49. The van der Waals surface area contributed by atoms with Crippen LogP contribution in [-0.2, 0) is 0 Å². The highest BCUT2D eigenvalue weighted by Gasteiger charge is 2.30. The molecule has 15 heavy (non-hydrogen) atoms. The molecule has 5 heteroatoms. The Balaban J connectivity index is 2.24. The summed E-state index contributed by atoms with van der Waals surface area (Å²) in [6, 6.07) is 1.43. The fourth-order valence-corrected chi connectivity index (χ4v) is 2.29. The lowest BCUT2D eigenvalue weighted by molar-refractivity contribution is 0.611. The molecule has 2 unspecified atom stereocenters. The van der Waals surface area contributed by atoms with Crippen LogP contribution in [0.5, 0.6) is 0 Å². The van der Waals surface area contributed by atoms with Crippen molar-refractivity contribution in [1.29, 1.82) is 0 Å². The number of aromatic nitrogens is 1. The van der Waals surface area contributed by atoms with E-state index in [1.165, 1.54) is 6.07 Å². The Kier molecular flexibility index (Phi) is 3.16. The molecule has 0 amide bonds. The van der Waals surface area contributed by atoms with Crippen LogP contribution in [0.4, 0.5) is 10.2 Å². The Labute approximate surface area is 102 Å². The molecule has 1 aromatic heterocycles. The van der Waals surface area contributed by atoms with Gasteiger partial charge < -0.3 is 4.90 Å². The van der Waals surface area contributed by atoms with Gasteiger partial charge in [-0.1, -0.05) is 6.92 Å². The van der Waals surface area contributed by atoms with Crippen molar-refractivity contribution in [2.24, 2.45) is 5.92 Å². The number of anilines is 1. The van der Waals surface area contributed by atoms with E-state index in [2.05, 4.69) is 27.8 Å². The first-order valence-electron chi connectivity index (χ1n) is 4.78. The SMILES string of the molecule is CC1CN(c2ncc(Br)cc2F)CC1Cl. The van der Waals surface area contributed by atoms with Gasteiger partial charge >= 0.3 is 0 Å². The maximum Gasteiger partial charge on any atom is 0.166 e. The van der Waals surface area contributed by atoms with Crippen LogP contribution < -0.4 is 4.90 Å². The van der Waals surface area contributed by atoms with E-state index in [0.717, 1.165) is 6.54 Å². The van der Waals surface area contributed by atoms with E-state index >= 15 is 0 Å². The topological polar surface area (TPSA) is 16.1 Å². The van der Waals surface area contributed by atoms with Crippen molar-refractivity contribution < 1.29 is 4.39 Å². The summed E-state index contributed by atoms with van der Waals surface area (Å²) >= 11 is 9.27. The Morgan fingerprint density at radius 2 is 2.33 bits per heavy atom. The molecule has 1 saturated heterocycles. The van der Waals surface area contributed by atoms with Gasteiger partial charge in [0, 0.05) is 23.8 Å². The van der Waals surface area contributed by atoms with Gasteiger partial charge in [0.2, 0.25) is 0 Å². The Morgan fingerprint density at radius 3 is 2.87 bits per heavy atom. The third kappa shape index (κ3) is 2.26. The molecule has 0 spiro atoms. The molecule has 1 aliphatic rings. The standard InChI is InChI=1S/C10H11BrClFN2/c1-6-4-15(5-8(6)12)10-9(13)2-7(11)3-14-10/h2-3,6,8H,4-5H2,1H3. The second-order valence-electron chi connectivity index (χ2n) is 3.86. The van der Waals surface area contributed by atoms with E-state index in [0.29, 0.717) is 22.8 Å². The molecule has 2 nitrogen and oxygen atoms in total. The average Bonchev–Trinajstić information content (AvgIpc) is 2.46. The molecule has 0 aromatic carbocycles. The molecule has 1 aromatic rings. The largest absolute Gasteiger partial charge is 0.352 e. The van der Waals surface area contributed by atoms with Crippen molar-refractivity contribution in [2.45, 2.75) is 12.3 Å². The molecule has 2 rings (SSSR count). The maximum absolute atomic E-state index is 13.6. The highest BCUT2D eigenvalue weighted by Crippen LogP contribution is 2.28. The second kappa shape index (κ2) is 4.26. The van der Waals surface area contributed by atoms with Crippen molar-refractivity contribution >= 4 is 33.3 Å². The van der Waals surface area contributed by atoms with E-state index in [1.54, 1.807) is 6.20 Å². The van der Waals surface area contributed by atoms with E-state index in [4.69, 9.17) is 11.6 Å². The van der Waals surface area contributed by atoms with Gasteiger partial charge in [0.1, 0.15) is 0 Å². The summed E-state index contributed by atoms with van der Waals surface area (Å²) in [6.07, 6.45) is 1.60. The first-order valence-corrected chi connectivity index (χ1v) is 6.01. The zero-order valence-corrected chi connectivity index (χ0v) is 10.6. The zero-order valence-electron chi connectivity index (χ0n) is 8.25. The van der Waals surface area contributed by atoms with Crippen molar-refractivity contribution in [1.82, 2.24) is 4.98 Å². The molecule has 0 N–H and O–H groups in total. The predicted molar refractivity (Wildman–Crippen MR) is 62.9 cm³/mol. The predicted octanol–water partition coefficient (Wildman–Crippen LogP) is 3.05. The monoisotopic (exact) mass is 292 g/mol. The van der Waals surface area contributed by atoms with E-state index in [1.807, 2.05) is 4.90 Å². The molecule has 2 atom stereocenters. The lowest BCUT2D eigenvalue weighted by atomic mass is 10.2. The Hall–Kier alpha value is -0.350. The van der Waals surface area contributed by atoms with Crippen molar-refractivity contribution in [3.05, 3.63) is 22.6 Å². The molecule has 0 radical (unpaired) electrons. The van der Waals surface area contributed by atoms with Gasteiger partial charge in [-0.05, 0) is 27.9 Å². The fraction of sp³-hybridized carbons (Fsp3) is 0.500. The number of halogens is 3. The summed E-state index contributed by atoms with van der Waals surface area (Å²) in [5.41, 5.74) is 0. The molecule has 1 aliphatic heterocycles. The Morgan fingerprint density at radius 1 is 1.60 bits per heavy atom. The van der Waals surface area contributed by atoms with Crippen LogP contribution in [0.25, 0.3) is 0 Å². The van der Waals surface area contributed by atoms with Crippen molar-refractivity contribution in [2.75, 3.05) is 18.0 Å². The van der Waals surface area contributed by atoms with Crippen LogP contribution in [0.1, 0.15) is 6.92 Å².